The summed E-state index contributed by atoms with van der Waals surface area (Å²) >= 11 is 0. The molecule has 21 heavy (non-hydrogen) atoms. The van der Waals surface area contributed by atoms with Gasteiger partial charge in [0.25, 0.3) is 0 Å². The molecule has 0 radical (unpaired) electrons. The normalized spacial score (nSPS) is 20.1. The molecule has 0 aliphatic heterocycles. The third-order valence-electron chi connectivity index (χ3n) is 3.59. The van der Waals surface area contributed by atoms with Gasteiger partial charge >= 0.3 is 6.03 Å². The van der Waals surface area contributed by atoms with Gasteiger partial charge in [-0.3, -0.25) is 0 Å². The van der Waals surface area contributed by atoms with E-state index in [1.165, 1.54) is 0 Å². The van der Waals surface area contributed by atoms with Crippen LogP contribution in [0.15, 0.2) is 34.9 Å². The highest BCUT2D eigenvalue weighted by Crippen LogP contribution is 2.30. The first kappa shape index (κ1) is 13.6. The van der Waals surface area contributed by atoms with Gasteiger partial charge in [0.2, 0.25) is 0 Å². The number of fused-ring (bicyclic) bond motifs is 1. The van der Waals surface area contributed by atoms with E-state index in [0.29, 0.717) is 12.2 Å². The molecule has 0 saturated carbocycles. The Bertz CT molecular complexity index is 653. The molecule has 3 rings (SSSR count). The van der Waals surface area contributed by atoms with Gasteiger partial charge in [0.15, 0.2) is 5.76 Å². The van der Waals surface area contributed by atoms with Crippen molar-refractivity contribution in [2.45, 2.75) is 32.0 Å². The minimum atomic E-state index is -0.597. The van der Waals surface area contributed by atoms with Crippen molar-refractivity contribution in [3.8, 4) is 0 Å². The number of nitrogens with zero attached hydrogens (tertiary/aromatic N) is 1. The first-order valence-electron chi connectivity index (χ1n) is 6.86. The first-order chi connectivity index (χ1) is 10.1. The second kappa shape index (κ2) is 5.57. The molecule has 0 fully saturated rings. The van der Waals surface area contributed by atoms with Gasteiger partial charge in [-0.05, 0) is 18.1 Å². The summed E-state index contributed by atoms with van der Waals surface area (Å²) in [5.74, 6) is 0.593. The summed E-state index contributed by atoms with van der Waals surface area (Å²) in [5, 5.41) is 19.3. The Balaban J connectivity index is 1.60. The molecule has 0 bridgehead atoms. The predicted molar refractivity (Wildman–Crippen MR) is 75.5 cm³/mol. The number of aromatic nitrogens is 1. The van der Waals surface area contributed by atoms with Crippen molar-refractivity contribution in [3.05, 3.63) is 52.9 Å². The molecule has 2 amide bonds. The van der Waals surface area contributed by atoms with Crippen LogP contribution in [0.3, 0.4) is 0 Å². The molecule has 1 aliphatic rings. The van der Waals surface area contributed by atoms with E-state index in [0.717, 1.165) is 16.8 Å². The molecular weight excluding hydrogens is 270 g/mol. The molecule has 0 saturated heterocycles. The fourth-order valence-corrected chi connectivity index (χ4v) is 2.61. The summed E-state index contributed by atoms with van der Waals surface area (Å²) < 4.78 is 5.02. The molecular formula is C15H17N3O3. The molecule has 0 unspecified atom stereocenters. The molecule has 110 valence electrons. The maximum Gasteiger partial charge on any atom is 0.315 e. The highest BCUT2D eigenvalue weighted by molar-refractivity contribution is 5.74. The Labute approximate surface area is 122 Å². The molecule has 1 aliphatic carbocycles. The highest BCUT2D eigenvalue weighted by Gasteiger charge is 2.31. The smallest absolute Gasteiger partial charge is 0.315 e. The fourth-order valence-electron chi connectivity index (χ4n) is 2.61. The van der Waals surface area contributed by atoms with Gasteiger partial charge in [-0.1, -0.05) is 29.4 Å². The summed E-state index contributed by atoms with van der Waals surface area (Å²) in [4.78, 5) is 11.9. The third kappa shape index (κ3) is 2.90. The van der Waals surface area contributed by atoms with E-state index in [1.54, 1.807) is 6.07 Å². The van der Waals surface area contributed by atoms with Crippen molar-refractivity contribution in [2.75, 3.05) is 0 Å². The third-order valence-corrected chi connectivity index (χ3v) is 3.59. The van der Waals surface area contributed by atoms with Crippen LogP contribution < -0.4 is 10.6 Å². The Morgan fingerprint density at radius 3 is 3.05 bits per heavy atom. The molecule has 0 spiro atoms. The van der Waals surface area contributed by atoms with Crippen LogP contribution in [0.4, 0.5) is 4.79 Å². The molecule has 6 heteroatoms. The van der Waals surface area contributed by atoms with E-state index < -0.39 is 6.10 Å². The lowest BCUT2D eigenvalue weighted by Crippen LogP contribution is -2.40. The zero-order chi connectivity index (χ0) is 14.8. The monoisotopic (exact) mass is 287 g/mol. The van der Waals surface area contributed by atoms with Crippen LogP contribution in [0.2, 0.25) is 0 Å². The Kier molecular flexibility index (Phi) is 3.62. The fraction of sp³-hybridized carbons (Fsp3) is 0.333. The number of urea groups is 1. The van der Waals surface area contributed by atoms with Gasteiger partial charge in [-0.25, -0.2) is 4.79 Å². The lowest BCUT2D eigenvalue weighted by molar-refractivity contribution is 0.142. The van der Waals surface area contributed by atoms with E-state index >= 15 is 0 Å². The average Bonchev–Trinajstić information content (AvgIpc) is 3.01. The number of hydrogen-bond acceptors (Lipinski definition) is 4. The average molecular weight is 287 g/mol. The van der Waals surface area contributed by atoms with Crippen molar-refractivity contribution in [3.63, 3.8) is 0 Å². The predicted octanol–water partition coefficient (Wildman–Crippen LogP) is 1.44. The van der Waals surface area contributed by atoms with Gasteiger partial charge in [-0.15, -0.1) is 0 Å². The second-order valence-electron chi connectivity index (χ2n) is 5.21. The van der Waals surface area contributed by atoms with E-state index in [4.69, 9.17) is 4.52 Å². The van der Waals surface area contributed by atoms with Crippen molar-refractivity contribution in [1.29, 1.82) is 0 Å². The molecule has 2 atom stereocenters. The molecule has 2 aromatic rings. The Morgan fingerprint density at radius 1 is 1.48 bits per heavy atom. The number of rotatable bonds is 3. The first-order valence-corrected chi connectivity index (χ1v) is 6.86. The number of nitrogens with one attached hydrogen (secondary N) is 2. The number of hydrogen-bond donors (Lipinski definition) is 3. The van der Waals surface area contributed by atoms with Gasteiger partial charge in [0.05, 0.1) is 24.4 Å². The Hall–Kier alpha value is -2.34. The zero-order valence-corrected chi connectivity index (χ0v) is 11.7. The number of carbonyl (C=O) groups is 1. The van der Waals surface area contributed by atoms with Gasteiger partial charge in [0.1, 0.15) is 0 Å². The summed E-state index contributed by atoms with van der Waals surface area (Å²) in [6.45, 7) is 2.08. The standard InChI is InChI=1S/C15H17N3O3/c1-9-6-11(21-18-9)8-16-15(20)17-14-12-5-3-2-4-10(12)7-13(14)19/h2-6,13-14,19H,7-8H2,1H3,(H2,16,17,20)/t13-,14+/m0/s1. The SMILES string of the molecule is Cc1cc(CNC(=O)N[C@@H]2c3ccccc3C[C@@H]2O)on1. The van der Waals surface area contributed by atoms with Crippen molar-refractivity contribution < 1.29 is 14.4 Å². The summed E-state index contributed by atoms with van der Waals surface area (Å²) in [6, 6.07) is 8.77. The van der Waals surface area contributed by atoms with Gasteiger partial charge < -0.3 is 20.3 Å². The van der Waals surface area contributed by atoms with E-state index in [1.807, 2.05) is 31.2 Å². The largest absolute Gasteiger partial charge is 0.390 e. The number of aliphatic hydroxyl groups is 1. The minimum absolute atomic E-state index is 0.261. The summed E-state index contributed by atoms with van der Waals surface area (Å²) in [5.41, 5.74) is 2.81. The Morgan fingerprint density at radius 2 is 2.29 bits per heavy atom. The maximum absolute atomic E-state index is 11.9. The molecule has 1 heterocycles. The maximum atomic E-state index is 11.9. The number of aliphatic hydroxyl groups excluding tert-OH is 1. The number of aryl methyl sites for hydroxylation is 1. The van der Waals surface area contributed by atoms with E-state index in [-0.39, 0.29) is 18.6 Å². The van der Waals surface area contributed by atoms with Crippen LogP contribution in [-0.4, -0.2) is 22.4 Å². The number of carbonyl (C=O) groups excluding carboxylic acids is 1. The molecule has 1 aromatic carbocycles. The molecule has 1 aromatic heterocycles. The van der Waals surface area contributed by atoms with E-state index in [2.05, 4.69) is 15.8 Å². The summed E-state index contributed by atoms with van der Waals surface area (Å²) in [7, 11) is 0. The van der Waals surface area contributed by atoms with Crippen LogP contribution in [0, 0.1) is 6.92 Å². The quantitative estimate of drug-likeness (QED) is 0.797. The lowest BCUT2D eigenvalue weighted by Gasteiger charge is -2.18. The van der Waals surface area contributed by atoms with Crippen LogP contribution in [0.25, 0.3) is 0 Å². The van der Waals surface area contributed by atoms with Crippen molar-refractivity contribution in [2.24, 2.45) is 0 Å². The number of amides is 2. The van der Waals surface area contributed by atoms with Crippen molar-refractivity contribution >= 4 is 6.03 Å². The topological polar surface area (TPSA) is 87.4 Å². The zero-order valence-electron chi connectivity index (χ0n) is 11.7. The summed E-state index contributed by atoms with van der Waals surface area (Å²) in [6.07, 6.45) is -0.0386. The second-order valence-corrected chi connectivity index (χ2v) is 5.21. The van der Waals surface area contributed by atoms with Crippen LogP contribution in [0.1, 0.15) is 28.6 Å². The highest BCUT2D eigenvalue weighted by atomic mass is 16.5. The van der Waals surface area contributed by atoms with Gasteiger partial charge in [-0.2, -0.15) is 0 Å². The van der Waals surface area contributed by atoms with E-state index in [9.17, 15) is 9.90 Å². The number of benzene rings is 1. The minimum Gasteiger partial charge on any atom is -0.390 e. The van der Waals surface area contributed by atoms with Crippen molar-refractivity contribution in [1.82, 2.24) is 15.8 Å². The van der Waals surface area contributed by atoms with Crippen LogP contribution >= 0.6 is 0 Å². The molecule has 6 nitrogen and oxygen atoms in total. The van der Waals surface area contributed by atoms with Crippen LogP contribution in [0.5, 0.6) is 0 Å². The lowest BCUT2D eigenvalue weighted by atomic mass is 10.1. The molecule has 3 N–H and O–H groups in total. The van der Waals surface area contributed by atoms with Crippen LogP contribution in [-0.2, 0) is 13.0 Å². The van der Waals surface area contributed by atoms with Gasteiger partial charge in [0, 0.05) is 12.5 Å².